The van der Waals surface area contributed by atoms with Crippen LogP contribution in [0, 0.1) is 5.92 Å². The molecule has 0 bridgehead atoms. The number of benzene rings is 1. The molecular weight excluding hydrogens is 358 g/mol. The summed E-state index contributed by atoms with van der Waals surface area (Å²) in [6.45, 7) is 2.15. The zero-order valence-corrected chi connectivity index (χ0v) is 17.3. The highest BCUT2D eigenvalue weighted by Crippen LogP contribution is 2.27. The van der Waals surface area contributed by atoms with E-state index in [9.17, 15) is 9.59 Å². The molecule has 1 saturated carbocycles. The molecule has 1 aliphatic rings. The van der Waals surface area contributed by atoms with Crippen molar-refractivity contribution in [3.8, 4) is 11.5 Å². The van der Waals surface area contributed by atoms with Crippen molar-refractivity contribution >= 4 is 18.0 Å². The van der Waals surface area contributed by atoms with Gasteiger partial charge in [0, 0.05) is 24.2 Å². The molecule has 6 nitrogen and oxygen atoms in total. The third kappa shape index (κ3) is 5.75. The minimum atomic E-state index is -0.365. The first-order valence-electron chi connectivity index (χ1n) is 9.78. The number of esters is 1. The second-order valence-electron chi connectivity index (χ2n) is 7.15. The molecule has 1 amide bonds. The fourth-order valence-electron chi connectivity index (χ4n) is 3.61. The smallest absolute Gasteiger partial charge is 0.310 e. The van der Waals surface area contributed by atoms with Crippen LogP contribution in [0.25, 0.3) is 6.08 Å². The fraction of sp³-hybridized carbons (Fsp3) is 0.545. The summed E-state index contributed by atoms with van der Waals surface area (Å²) in [7, 11) is 4.56. The van der Waals surface area contributed by atoms with Gasteiger partial charge in [0.1, 0.15) is 11.5 Å². The number of amides is 1. The number of carbonyl (C=O) groups is 2. The Labute approximate surface area is 167 Å². The summed E-state index contributed by atoms with van der Waals surface area (Å²) in [6.07, 6.45) is 8.63. The maximum atomic E-state index is 13.0. The van der Waals surface area contributed by atoms with E-state index in [0.717, 1.165) is 31.2 Å². The van der Waals surface area contributed by atoms with Crippen LogP contribution in [0.5, 0.6) is 11.5 Å². The lowest BCUT2D eigenvalue weighted by atomic mass is 9.93. The largest absolute Gasteiger partial charge is 0.497 e. The second-order valence-corrected chi connectivity index (χ2v) is 7.15. The van der Waals surface area contributed by atoms with Gasteiger partial charge in [-0.1, -0.05) is 26.2 Å². The summed E-state index contributed by atoms with van der Waals surface area (Å²) in [4.78, 5) is 26.7. The predicted molar refractivity (Wildman–Crippen MR) is 108 cm³/mol. The van der Waals surface area contributed by atoms with E-state index in [1.165, 1.54) is 13.5 Å². The molecule has 28 heavy (non-hydrogen) atoms. The Kier molecular flexibility index (Phi) is 8.36. The highest BCUT2D eigenvalue weighted by Gasteiger charge is 2.28. The van der Waals surface area contributed by atoms with Crippen LogP contribution in [-0.4, -0.2) is 50.7 Å². The van der Waals surface area contributed by atoms with Crippen molar-refractivity contribution in [2.75, 3.05) is 27.9 Å². The van der Waals surface area contributed by atoms with Crippen LogP contribution < -0.4 is 9.47 Å². The van der Waals surface area contributed by atoms with E-state index >= 15 is 0 Å². The molecule has 1 aliphatic carbocycles. The van der Waals surface area contributed by atoms with Gasteiger partial charge in [0.15, 0.2) is 0 Å². The van der Waals surface area contributed by atoms with Crippen LogP contribution in [0.1, 0.15) is 44.6 Å². The normalized spacial score (nSPS) is 15.9. The molecule has 1 aromatic rings. The second kappa shape index (κ2) is 10.7. The lowest BCUT2D eigenvalue weighted by Gasteiger charge is -2.35. The number of carbonyl (C=O) groups excluding carboxylic acids is 2. The number of rotatable bonds is 8. The lowest BCUT2D eigenvalue weighted by molar-refractivity contribution is -0.146. The molecule has 0 N–H and O–H groups in total. The molecule has 0 aromatic heterocycles. The number of hydrogen-bond donors (Lipinski definition) is 0. The van der Waals surface area contributed by atoms with Gasteiger partial charge in [0.05, 0.1) is 27.2 Å². The molecule has 2 rings (SSSR count). The molecule has 0 heterocycles. The molecule has 0 aliphatic heterocycles. The Bertz CT molecular complexity index is 694. The minimum Gasteiger partial charge on any atom is -0.497 e. The van der Waals surface area contributed by atoms with E-state index in [1.54, 1.807) is 39.4 Å². The Morgan fingerprint density at radius 2 is 1.86 bits per heavy atom. The summed E-state index contributed by atoms with van der Waals surface area (Å²) >= 11 is 0. The van der Waals surface area contributed by atoms with Crippen molar-refractivity contribution in [3.63, 3.8) is 0 Å². The zero-order valence-electron chi connectivity index (χ0n) is 17.3. The van der Waals surface area contributed by atoms with Gasteiger partial charge in [-0.05, 0) is 37.1 Å². The van der Waals surface area contributed by atoms with Crippen LogP contribution in [0.4, 0.5) is 0 Å². The summed E-state index contributed by atoms with van der Waals surface area (Å²) in [5.74, 6) is 0.587. The quantitative estimate of drug-likeness (QED) is 0.501. The van der Waals surface area contributed by atoms with Gasteiger partial charge in [-0.3, -0.25) is 9.59 Å². The number of hydrogen-bond acceptors (Lipinski definition) is 5. The number of ether oxygens (including phenoxy) is 3. The molecule has 6 heteroatoms. The Hall–Kier alpha value is -2.50. The molecule has 154 valence electrons. The van der Waals surface area contributed by atoms with Crippen molar-refractivity contribution < 1.29 is 23.8 Å². The van der Waals surface area contributed by atoms with Crippen molar-refractivity contribution in [1.82, 2.24) is 4.90 Å². The Morgan fingerprint density at radius 1 is 1.14 bits per heavy atom. The molecule has 1 atom stereocenters. The maximum Gasteiger partial charge on any atom is 0.310 e. The molecule has 0 spiro atoms. The SMILES string of the molecule is COC(=O)C(C)CN(C(=O)/C=C/c1cc(OC)ccc1OC)C1CCCCC1. The van der Waals surface area contributed by atoms with Crippen LogP contribution >= 0.6 is 0 Å². The lowest BCUT2D eigenvalue weighted by Crippen LogP contribution is -2.44. The molecule has 1 unspecified atom stereocenters. The van der Waals surface area contributed by atoms with E-state index in [4.69, 9.17) is 14.2 Å². The van der Waals surface area contributed by atoms with Gasteiger partial charge in [0.25, 0.3) is 0 Å². The van der Waals surface area contributed by atoms with Crippen LogP contribution in [0.3, 0.4) is 0 Å². The highest BCUT2D eigenvalue weighted by molar-refractivity contribution is 5.92. The topological polar surface area (TPSA) is 65.1 Å². The van der Waals surface area contributed by atoms with E-state index in [-0.39, 0.29) is 23.8 Å². The standard InChI is InChI=1S/C22H31NO5/c1-16(22(25)28-4)15-23(18-8-6-5-7-9-18)21(24)13-10-17-14-19(26-2)11-12-20(17)27-3/h10-14,16,18H,5-9,15H2,1-4H3/b13-10+. The van der Waals surface area contributed by atoms with Gasteiger partial charge in [0.2, 0.25) is 5.91 Å². The van der Waals surface area contributed by atoms with Gasteiger partial charge < -0.3 is 19.1 Å². The molecule has 0 saturated heterocycles. The number of nitrogens with zero attached hydrogens (tertiary/aromatic N) is 1. The Morgan fingerprint density at radius 3 is 2.46 bits per heavy atom. The van der Waals surface area contributed by atoms with Gasteiger partial charge >= 0.3 is 5.97 Å². The van der Waals surface area contributed by atoms with Gasteiger partial charge in [-0.25, -0.2) is 0 Å². The first-order valence-corrected chi connectivity index (χ1v) is 9.78. The van der Waals surface area contributed by atoms with Crippen molar-refractivity contribution in [2.24, 2.45) is 5.92 Å². The average Bonchev–Trinajstić information content (AvgIpc) is 2.75. The molecule has 1 fully saturated rings. The molecule has 0 radical (unpaired) electrons. The average molecular weight is 389 g/mol. The van der Waals surface area contributed by atoms with E-state index in [1.807, 2.05) is 17.0 Å². The first-order chi connectivity index (χ1) is 13.5. The minimum absolute atomic E-state index is 0.104. The summed E-state index contributed by atoms with van der Waals surface area (Å²) < 4.78 is 15.5. The van der Waals surface area contributed by atoms with Crippen molar-refractivity contribution in [3.05, 3.63) is 29.8 Å². The maximum absolute atomic E-state index is 13.0. The van der Waals surface area contributed by atoms with E-state index < -0.39 is 0 Å². The first kappa shape index (κ1) is 21.8. The summed E-state index contributed by atoms with van der Waals surface area (Å²) in [6, 6.07) is 5.60. The summed E-state index contributed by atoms with van der Waals surface area (Å²) in [5, 5.41) is 0. The van der Waals surface area contributed by atoms with Crippen molar-refractivity contribution in [1.29, 1.82) is 0 Å². The van der Waals surface area contributed by atoms with Crippen LogP contribution in [0.2, 0.25) is 0 Å². The third-order valence-corrected chi connectivity index (χ3v) is 5.21. The van der Waals surface area contributed by atoms with Gasteiger partial charge in [-0.2, -0.15) is 0 Å². The van der Waals surface area contributed by atoms with Crippen LogP contribution in [-0.2, 0) is 14.3 Å². The molecular formula is C22H31NO5. The monoisotopic (exact) mass is 389 g/mol. The Balaban J connectivity index is 2.21. The third-order valence-electron chi connectivity index (χ3n) is 5.21. The highest BCUT2D eigenvalue weighted by atomic mass is 16.5. The number of methoxy groups -OCH3 is 3. The van der Waals surface area contributed by atoms with E-state index in [0.29, 0.717) is 18.0 Å². The fourth-order valence-corrected chi connectivity index (χ4v) is 3.61. The zero-order chi connectivity index (χ0) is 20.5. The predicted octanol–water partition coefficient (Wildman–Crippen LogP) is 3.69. The van der Waals surface area contributed by atoms with Crippen LogP contribution in [0.15, 0.2) is 24.3 Å². The van der Waals surface area contributed by atoms with E-state index in [2.05, 4.69) is 0 Å². The van der Waals surface area contributed by atoms with Crippen molar-refractivity contribution in [2.45, 2.75) is 45.1 Å². The molecule has 1 aromatic carbocycles. The van der Waals surface area contributed by atoms with Gasteiger partial charge in [-0.15, -0.1) is 0 Å². The summed E-state index contributed by atoms with van der Waals surface area (Å²) in [5.41, 5.74) is 0.764.